The first kappa shape index (κ1) is 13.2. The predicted molar refractivity (Wildman–Crippen MR) is 67.4 cm³/mol. The van der Waals surface area contributed by atoms with E-state index >= 15 is 0 Å². The lowest BCUT2D eigenvalue weighted by Gasteiger charge is -2.24. The fourth-order valence-electron chi connectivity index (χ4n) is 1.60. The number of nitrogen functional groups attached to an aromatic ring is 1. The molecule has 1 aromatic heterocycles. The molecular weight excluding hydrogens is 218 g/mol. The minimum atomic E-state index is -0.388. The summed E-state index contributed by atoms with van der Waals surface area (Å²) in [6.45, 7) is 6.78. The van der Waals surface area contributed by atoms with Crippen LogP contribution in [-0.2, 0) is 4.79 Å². The van der Waals surface area contributed by atoms with Crippen LogP contribution in [0.2, 0.25) is 0 Å². The van der Waals surface area contributed by atoms with Gasteiger partial charge in [0.2, 0.25) is 11.9 Å². The van der Waals surface area contributed by atoms with Crippen molar-refractivity contribution in [3.8, 4) is 0 Å². The van der Waals surface area contributed by atoms with Crippen LogP contribution < -0.4 is 16.4 Å². The zero-order valence-corrected chi connectivity index (χ0v) is 10.5. The summed E-state index contributed by atoms with van der Waals surface area (Å²) in [6, 6.07) is 1.79. The summed E-state index contributed by atoms with van der Waals surface area (Å²) in [7, 11) is 0. The van der Waals surface area contributed by atoms with E-state index in [2.05, 4.69) is 23.8 Å². The number of carbonyl (C=O) groups is 1. The maximum absolute atomic E-state index is 11.0. The van der Waals surface area contributed by atoms with Gasteiger partial charge in [-0.25, -0.2) is 4.98 Å². The van der Waals surface area contributed by atoms with Gasteiger partial charge in [0, 0.05) is 18.3 Å². The standard InChI is InChI=1S/C11H19N5O/c1-7(2)5-16(6-9(12)17)10-4-8(3)14-11(13)15-10/h4,7H,5-6H2,1-3H3,(H2,12,17)(H2,13,14,15). The lowest BCUT2D eigenvalue weighted by Crippen LogP contribution is -2.37. The Kier molecular flexibility index (Phi) is 4.25. The lowest BCUT2D eigenvalue weighted by atomic mass is 10.2. The van der Waals surface area contributed by atoms with Gasteiger partial charge in [0.25, 0.3) is 0 Å². The maximum Gasteiger partial charge on any atom is 0.236 e. The monoisotopic (exact) mass is 237 g/mol. The molecule has 17 heavy (non-hydrogen) atoms. The highest BCUT2D eigenvalue weighted by atomic mass is 16.1. The van der Waals surface area contributed by atoms with Crippen molar-refractivity contribution in [1.82, 2.24) is 9.97 Å². The molecule has 0 aliphatic heterocycles. The summed E-state index contributed by atoms with van der Waals surface area (Å²) in [5, 5.41) is 0. The van der Waals surface area contributed by atoms with Crippen molar-refractivity contribution in [2.45, 2.75) is 20.8 Å². The summed E-state index contributed by atoms with van der Waals surface area (Å²) >= 11 is 0. The Balaban J connectivity index is 2.98. The molecule has 1 aromatic rings. The molecule has 1 rings (SSSR count). The highest BCUT2D eigenvalue weighted by Gasteiger charge is 2.13. The molecule has 0 saturated carbocycles. The Labute approximate surface area is 101 Å². The molecule has 1 heterocycles. The van der Waals surface area contributed by atoms with Crippen molar-refractivity contribution >= 4 is 17.7 Å². The Morgan fingerprint density at radius 2 is 2.12 bits per heavy atom. The Hall–Kier alpha value is -1.85. The fraction of sp³-hybridized carbons (Fsp3) is 0.545. The van der Waals surface area contributed by atoms with Gasteiger partial charge in [0.1, 0.15) is 5.82 Å². The van der Waals surface area contributed by atoms with Gasteiger partial charge in [-0.15, -0.1) is 0 Å². The third kappa shape index (κ3) is 4.26. The smallest absolute Gasteiger partial charge is 0.236 e. The van der Waals surface area contributed by atoms with Gasteiger partial charge in [-0.2, -0.15) is 4.98 Å². The van der Waals surface area contributed by atoms with E-state index in [4.69, 9.17) is 11.5 Å². The molecule has 0 fully saturated rings. The molecule has 0 saturated heterocycles. The van der Waals surface area contributed by atoms with Crippen LogP contribution in [0.15, 0.2) is 6.07 Å². The molecule has 0 spiro atoms. The third-order valence-corrected chi connectivity index (χ3v) is 2.11. The largest absolute Gasteiger partial charge is 0.368 e. The first-order chi connectivity index (χ1) is 7.88. The highest BCUT2D eigenvalue weighted by molar-refractivity contribution is 5.79. The summed E-state index contributed by atoms with van der Waals surface area (Å²) < 4.78 is 0. The minimum absolute atomic E-state index is 0.133. The first-order valence-corrected chi connectivity index (χ1v) is 5.53. The number of carbonyl (C=O) groups excluding carboxylic acids is 1. The van der Waals surface area contributed by atoms with Crippen LogP contribution in [0.4, 0.5) is 11.8 Å². The molecule has 0 atom stereocenters. The van der Waals surface area contributed by atoms with E-state index in [-0.39, 0.29) is 18.4 Å². The van der Waals surface area contributed by atoms with Crippen LogP contribution in [0, 0.1) is 12.8 Å². The molecule has 0 aliphatic carbocycles. The fourth-order valence-corrected chi connectivity index (χ4v) is 1.60. The average molecular weight is 237 g/mol. The second kappa shape index (κ2) is 5.47. The van der Waals surface area contributed by atoms with E-state index in [0.717, 1.165) is 5.69 Å². The van der Waals surface area contributed by atoms with E-state index < -0.39 is 0 Å². The lowest BCUT2D eigenvalue weighted by molar-refractivity contribution is -0.116. The van der Waals surface area contributed by atoms with Gasteiger partial charge >= 0.3 is 0 Å². The number of nitrogens with zero attached hydrogens (tertiary/aromatic N) is 3. The molecule has 0 bridgehead atoms. The Morgan fingerprint density at radius 1 is 1.47 bits per heavy atom. The number of amides is 1. The van der Waals surface area contributed by atoms with Crippen molar-refractivity contribution < 1.29 is 4.79 Å². The van der Waals surface area contributed by atoms with Crippen molar-refractivity contribution in [1.29, 1.82) is 0 Å². The Morgan fingerprint density at radius 3 is 2.59 bits per heavy atom. The van der Waals surface area contributed by atoms with Gasteiger partial charge in [0.05, 0.1) is 6.54 Å². The Bertz CT molecular complexity index is 385. The number of nitrogens with two attached hydrogens (primary N) is 2. The van der Waals surface area contributed by atoms with Gasteiger partial charge in [0.15, 0.2) is 0 Å². The SMILES string of the molecule is Cc1cc(N(CC(N)=O)CC(C)C)nc(N)n1. The van der Waals surface area contributed by atoms with Crippen LogP contribution in [0.5, 0.6) is 0 Å². The molecule has 6 nitrogen and oxygen atoms in total. The summed E-state index contributed by atoms with van der Waals surface area (Å²) in [5.41, 5.74) is 11.6. The number of anilines is 2. The van der Waals surface area contributed by atoms with Crippen LogP contribution in [0.25, 0.3) is 0 Å². The summed E-state index contributed by atoms with van der Waals surface area (Å²) in [4.78, 5) is 21.0. The minimum Gasteiger partial charge on any atom is -0.368 e. The number of rotatable bonds is 5. The molecular formula is C11H19N5O. The van der Waals surface area contributed by atoms with Crippen molar-refractivity contribution in [3.05, 3.63) is 11.8 Å². The van der Waals surface area contributed by atoms with Gasteiger partial charge < -0.3 is 16.4 Å². The maximum atomic E-state index is 11.0. The van der Waals surface area contributed by atoms with E-state index in [9.17, 15) is 4.79 Å². The number of aryl methyl sites for hydroxylation is 1. The average Bonchev–Trinajstić information content (AvgIpc) is 2.13. The molecule has 0 aromatic carbocycles. The second-order valence-corrected chi connectivity index (χ2v) is 4.47. The summed E-state index contributed by atoms with van der Waals surface area (Å²) in [6.07, 6.45) is 0. The molecule has 1 amide bonds. The summed E-state index contributed by atoms with van der Waals surface area (Å²) in [5.74, 6) is 0.854. The number of aromatic nitrogens is 2. The first-order valence-electron chi connectivity index (χ1n) is 5.53. The molecule has 94 valence electrons. The van der Waals surface area contributed by atoms with Crippen molar-refractivity contribution in [3.63, 3.8) is 0 Å². The van der Waals surface area contributed by atoms with Crippen LogP contribution in [-0.4, -0.2) is 29.0 Å². The quantitative estimate of drug-likeness (QED) is 0.768. The van der Waals surface area contributed by atoms with Crippen LogP contribution >= 0.6 is 0 Å². The number of hydrogen-bond acceptors (Lipinski definition) is 5. The zero-order chi connectivity index (χ0) is 13.0. The van der Waals surface area contributed by atoms with Crippen LogP contribution in [0.3, 0.4) is 0 Å². The van der Waals surface area contributed by atoms with E-state index in [1.54, 1.807) is 6.07 Å². The van der Waals surface area contributed by atoms with Crippen molar-refractivity contribution in [2.24, 2.45) is 11.7 Å². The predicted octanol–water partition coefficient (Wildman–Crippen LogP) is 0.315. The van der Waals surface area contributed by atoms with Gasteiger partial charge in [-0.3, -0.25) is 4.79 Å². The number of primary amides is 1. The van der Waals surface area contributed by atoms with E-state index in [1.807, 2.05) is 11.8 Å². The molecule has 6 heteroatoms. The molecule has 0 radical (unpaired) electrons. The normalized spacial score (nSPS) is 10.6. The number of hydrogen-bond donors (Lipinski definition) is 2. The molecule has 4 N–H and O–H groups in total. The second-order valence-electron chi connectivity index (χ2n) is 4.47. The molecule has 0 unspecified atom stereocenters. The van der Waals surface area contributed by atoms with Gasteiger partial charge in [-0.1, -0.05) is 13.8 Å². The van der Waals surface area contributed by atoms with E-state index in [0.29, 0.717) is 18.3 Å². The highest BCUT2D eigenvalue weighted by Crippen LogP contribution is 2.14. The zero-order valence-electron chi connectivity index (χ0n) is 10.5. The van der Waals surface area contributed by atoms with Crippen LogP contribution in [0.1, 0.15) is 19.5 Å². The van der Waals surface area contributed by atoms with E-state index in [1.165, 1.54) is 0 Å². The topological polar surface area (TPSA) is 98.1 Å². The van der Waals surface area contributed by atoms with Crippen molar-refractivity contribution in [2.75, 3.05) is 23.7 Å². The third-order valence-electron chi connectivity index (χ3n) is 2.11. The molecule has 0 aliphatic rings. The van der Waals surface area contributed by atoms with Gasteiger partial charge in [-0.05, 0) is 12.8 Å².